The fraction of sp³-hybridized carbons (Fsp3) is 0.143. The van der Waals surface area contributed by atoms with Crippen molar-refractivity contribution in [2.75, 3.05) is 5.73 Å². The molecule has 1 unspecified atom stereocenters. The molecule has 0 fully saturated rings. The Labute approximate surface area is 132 Å². The second-order valence-corrected chi connectivity index (χ2v) is 6.83. The van der Waals surface area contributed by atoms with E-state index in [1.165, 1.54) is 6.07 Å². The third-order valence-corrected chi connectivity index (χ3v) is 5.05. The van der Waals surface area contributed by atoms with Crippen LogP contribution < -0.4 is 5.73 Å². The topological polar surface area (TPSA) is 86.2 Å². The molecule has 0 aliphatic rings. The molecule has 1 atom stereocenters. The standard InChI is InChI=1S/C14H13BrN2O3S/c1-9-10(3-2-4-13(9)17(18)19)8-21(20)14-6-5-11(15)7-12(14)16/h2-7H,8,16H2,1H3. The largest absolute Gasteiger partial charge is 0.398 e. The number of nitrogens with zero attached hydrogens (tertiary/aromatic N) is 1. The molecular weight excluding hydrogens is 356 g/mol. The molecule has 2 aromatic rings. The van der Waals surface area contributed by atoms with Crippen molar-refractivity contribution in [2.45, 2.75) is 17.6 Å². The van der Waals surface area contributed by atoms with Crippen LogP contribution in [0.5, 0.6) is 0 Å². The summed E-state index contributed by atoms with van der Waals surface area (Å²) in [5.41, 5.74) is 7.55. The van der Waals surface area contributed by atoms with Gasteiger partial charge in [0.15, 0.2) is 0 Å². The Morgan fingerprint density at radius 1 is 1.33 bits per heavy atom. The fourth-order valence-corrected chi connectivity index (χ4v) is 3.64. The quantitative estimate of drug-likeness (QED) is 0.507. The van der Waals surface area contributed by atoms with Gasteiger partial charge in [-0.3, -0.25) is 14.3 Å². The van der Waals surface area contributed by atoms with Gasteiger partial charge in [-0.15, -0.1) is 0 Å². The molecule has 21 heavy (non-hydrogen) atoms. The average Bonchev–Trinajstić information content (AvgIpc) is 2.40. The third-order valence-electron chi connectivity index (χ3n) is 3.12. The Balaban J connectivity index is 2.32. The van der Waals surface area contributed by atoms with Gasteiger partial charge in [-0.05, 0) is 30.7 Å². The summed E-state index contributed by atoms with van der Waals surface area (Å²) in [5.74, 6) is 0.194. The first-order valence-corrected chi connectivity index (χ1v) is 8.17. The van der Waals surface area contributed by atoms with E-state index in [1.807, 2.05) is 0 Å². The molecule has 2 aromatic carbocycles. The van der Waals surface area contributed by atoms with Crippen molar-refractivity contribution in [1.82, 2.24) is 0 Å². The Kier molecular flexibility index (Phi) is 4.74. The highest BCUT2D eigenvalue weighted by atomic mass is 79.9. The second kappa shape index (κ2) is 6.36. The Hall–Kier alpha value is -1.73. The van der Waals surface area contributed by atoms with Crippen molar-refractivity contribution < 1.29 is 9.13 Å². The summed E-state index contributed by atoms with van der Waals surface area (Å²) in [4.78, 5) is 11.0. The average molecular weight is 369 g/mol. The summed E-state index contributed by atoms with van der Waals surface area (Å²) in [6, 6.07) is 9.94. The molecule has 0 radical (unpaired) electrons. The maximum absolute atomic E-state index is 12.4. The summed E-state index contributed by atoms with van der Waals surface area (Å²) in [7, 11) is -1.35. The van der Waals surface area contributed by atoms with Crippen LogP contribution in [0, 0.1) is 17.0 Å². The van der Waals surface area contributed by atoms with E-state index in [0.717, 1.165) is 4.47 Å². The zero-order valence-corrected chi connectivity index (χ0v) is 13.6. The van der Waals surface area contributed by atoms with Gasteiger partial charge in [0.25, 0.3) is 5.69 Å². The number of hydrogen-bond donors (Lipinski definition) is 1. The molecular formula is C14H13BrN2O3S. The summed E-state index contributed by atoms with van der Waals surface area (Å²) in [6.07, 6.45) is 0. The Bertz CT molecular complexity index is 734. The van der Waals surface area contributed by atoms with E-state index < -0.39 is 15.7 Å². The lowest BCUT2D eigenvalue weighted by molar-refractivity contribution is -0.385. The molecule has 2 N–H and O–H groups in total. The highest BCUT2D eigenvalue weighted by Crippen LogP contribution is 2.26. The summed E-state index contributed by atoms with van der Waals surface area (Å²) in [5, 5.41) is 10.9. The molecule has 0 spiro atoms. The van der Waals surface area contributed by atoms with E-state index in [0.29, 0.717) is 21.7 Å². The van der Waals surface area contributed by atoms with Gasteiger partial charge in [0.1, 0.15) is 0 Å². The number of halogens is 1. The van der Waals surface area contributed by atoms with Crippen molar-refractivity contribution in [2.24, 2.45) is 0 Å². The summed E-state index contributed by atoms with van der Waals surface area (Å²) >= 11 is 3.30. The first kappa shape index (κ1) is 15.7. The van der Waals surface area contributed by atoms with Gasteiger partial charge >= 0.3 is 0 Å². The lowest BCUT2D eigenvalue weighted by Gasteiger charge is -2.08. The molecule has 110 valence electrons. The Morgan fingerprint density at radius 3 is 2.67 bits per heavy atom. The second-order valence-electron chi connectivity index (χ2n) is 4.49. The maximum atomic E-state index is 12.4. The van der Waals surface area contributed by atoms with Gasteiger partial charge in [-0.2, -0.15) is 0 Å². The summed E-state index contributed by atoms with van der Waals surface area (Å²) < 4.78 is 13.2. The van der Waals surface area contributed by atoms with E-state index in [1.54, 1.807) is 37.3 Å². The molecule has 0 saturated heterocycles. The minimum atomic E-state index is -1.35. The van der Waals surface area contributed by atoms with Crippen molar-refractivity contribution >= 4 is 38.1 Å². The number of nitro groups is 1. The van der Waals surface area contributed by atoms with Crippen molar-refractivity contribution in [3.63, 3.8) is 0 Å². The van der Waals surface area contributed by atoms with Gasteiger partial charge < -0.3 is 5.73 Å². The highest BCUT2D eigenvalue weighted by molar-refractivity contribution is 9.10. The maximum Gasteiger partial charge on any atom is 0.272 e. The normalized spacial score (nSPS) is 12.1. The van der Waals surface area contributed by atoms with E-state index in [2.05, 4.69) is 15.9 Å². The van der Waals surface area contributed by atoms with Crippen LogP contribution in [-0.2, 0) is 16.6 Å². The lowest BCUT2D eigenvalue weighted by Crippen LogP contribution is -2.03. The monoisotopic (exact) mass is 368 g/mol. The summed E-state index contributed by atoms with van der Waals surface area (Å²) in [6.45, 7) is 1.66. The van der Waals surface area contributed by atoms with E-state index in [9.17, 15) is 14.3 Å². The van der Waals surface area contributed by atoms with Gasteiger partial charge in [0.2, 0.25) is 0 Å². The van der Waals surface area contributed by atoms with Crippen LogP contribution in [0.4, 0.5) is 11.4 Å². The highest BCUT2D eigenvalue weighted by Gasteiger charge is 2.16. The van der Waals surface area contributed by atoms with Gasteiger partial charge in [0.05, 0.1) is 26.4 Å². The fourth-order valence-electron chi connectivity index (χ4n) is 1.97. The molecule has 7 heteroatoms. The molecule has 0 aliphatic heterocycles. The van der Waals surface area contributed by atoms with Gasteiger partial charge in [-0.1, -0.05) is 28.1 Å². The smallest absolute Gasteiger partial charge is 0.272 e. The molecule has 0 amide bonds. The zero-order chi connectivity index (χ0) is 15.6. The Morgan fingerprint density at radius 2 is 2.05 bits per heavy atom. The number of nitrogens with two attached hydrogens (primary N) is 1. The molecule has 0 aliphatic carbocycles. The first-order chi connectivity index (χ1) is 9.90. The molecule has 5 nitrogen and oxygen atoms in total. The van der Waals surface area contributed by atoms with Crippen molar-refractivity contribution in [1.29, 1.82) is 0 Å². The van der Waals surface area contributed by atoms with Crippen LogP contribution in [0.2, 0.25) is 0 Å². The van der Waals surface area contributed by atoms with E-state index >= 15 is 0 Å². The number of rotatable bonds is 4. The number of anilines is 1. The van der Waals surface area contributed by atoms with Crippen molar-refractivity contribution in [3.05, 3.63) is 62.1 Å². The number of hydrogen-bond acceptors (Lipinski definition) is 4. The van der Waals surface area contributed by atoms with Crippen LogP contribution in [0.1, 0.15) is 11.1 Å². The van der Waals surface area contributed by atoms with Crippen molar-refractivity contribution in [3.8, 4) is 0 Å². The van der Waals surface area contributed by atoms with Gasteiger partial charge in [0, 0.05) is 21.8 Å². The van der Waals surface area contributed by atoms with Crippen LogP contribution >= 0.6 is 15.9 Å². The first-order valence-electron chi connectivity index (χ1n) is 6.06. The molecule has 0 bridgehead atoms. The molecule has 2 rings (SSSR count). The van der Waals surface area contributed by atoms with E-state index in [-0.39, 0.29) is 11.4 Å². The SMILES string of the molecule is Cc1c(CS(=O)c2ccc(Br)cc2N)cccc1[N+](=O)[O-]. The number of nitrogen functional groups attached to an aromatic ring is 1. The molecule has 0 saturated carbocycles. The van der Waals surface area contributed by atoms with Crippen LogP contribution in [0.3, 0.4) is 0 Å². The third kappa shape index (κ3) is 3.48. The van der Waals surface area contributed by atoms with Gasteiger partial charge in [-0.25, -0.2) is 0 Å². The van der Waals surface area contributed by atoms with Crippen LogP contribution in [0.15, 0.2) is 45.8 Å². The predicted molar refractivity (Wildman–Crippen MR) is 86.5 cm³/mol. The molecule has 0 aromatic heterocycles. The zero-order valence-electron chi connectivity index (χ0n) is 11.2. The van der Waals surface area contributed by atoms with E-state index in [4.69, 9.17) is 5.73 Å². The molecule has 0 heterocycles. The number of benzene rings is 2. The van der Waals surface area contributed by atoms with Crippen LogP contribution in [-0.4, -0.2) is 9.13 Å². The predicted octanol–water partition coefficient (Wildman–Crippen LogP) is 3.56. The number of nitro benzene ring substituents is 1. The lowest BCUT2D eigenvalue weighted by atomic mass is 10.1. The van der Waals surface area contributed by atoms with Crippen LogP contribution in [0.25, 0.3) is 0 Å². The minimum absolute atomic E-state index is 0.0354. The minimum Gasteiger partial charge on any atom is -0.398 e.